The van der Waals surface area contributed by atoms with Crippen LogP contribution in [-0.4, -0.2) is 5.11 Å². The van der Waals surface area contributed by atoms with Crippen molar-refractivity contribution >= 4 is 11.6 Å². The van der Waals surface area contributed by atoms with Crippen molar-refractivity contribution in [3.63, 3.8) is 0 Å². The van der Waals surface area contributed by atoms with E-state index in [4.69, 9.17) is 16.7 Å². The van der Waals surface area contributed by atoms with Gasteiger partial charge in [-0.2, -0.15) is 0 Å². The van der Waals surface area contributed by atoms with E-state index in [0.717, 1.165) is 0 Å². The van der Waals surface area contributed by atoms with Gasteiger partial charge in [0.1, 0.15) is 0 Å². The molecule has 0 atom stereocenters. The first-order valence-corrected chi connectivity index (χ1v) is 4.39. The van der Waals surface area contributed by atoms with E-state index >= 15 is 0 Å². The summed E-state index contributed by atoms with van der Waals surface area (Å²) in [6, 6.07) is 2.76. The molecular formula is C10H12ClFO. The lowest BCUT2D eigenvalue weighted by molar-refractivity contribution is 0.417. The van der Waals surface area contributed by atoms with Gasteiger partial charge in [-0.05, 0) is 17.5 Å². The molecule has 0 aliphatic heterocycles. The number of phenolic OH excluding ortho intramolecular Hbond substituents is 1. The summed E-state index contributed by atoms with van der Waals surface area (Å²) in [6.45, 7) is 5.53. The molecule has 1 nitrogen and oxygen atoms in total. The molecule has 0 amide bonds. The molecule has 0 saturated heterocycles. The molecule has 0 aliphatic rings. The van der Waals surface area contributed by atoms with Crippen molar-refractivity contribution in [1.82, 2.24) is 0 Å². The van der Waals surface area contributed by atoms with Crippen LogP contribution in [0.15, 0.2) is 12.1 Å². The Labute approximate surface area is 82.2 Å². The first-order valence-electron chi connectivity index (χ1n) is 4.01. The van der Waals surface area contributed by atoms with Crippen LogP contribution < -0.4 is 0 Å². The molecule has 72 valence electrons. The van der Waals surface area contributed by atoms with Crippen LogP contribution in [0.3, 0.4) is 0 Å². The van der Waals surface area contributed by atoms with Gasteiger partial charge in [-0.25, -0.2) is 4.39 Å². The highest BCUT2D eigenvalue weighted by molar-refractivity contribution is 6.31. The van der Waals surface area contributed by atoms with Gasteiger partial charge in [-0.1, -0.05) is 32.4 Å². The van der Waals surface area contributed by atoms with Gasteiger partial charge in [-0.15, -0.1) is 0 Å². The maximum atomic E-state index is 13.4. The molecule has 3 heteroatoms. The van der Waals surface area contributed by atoms with E-state index in [1.807, 2.05) is 20.8 Å². The van der Waals surface area contributed by atoms with Gasteiger partial charge in [-0.3, -0.25) is 0 Å². The predicted octanol–water partition coefficient (Wildman–Crippen LogP) is 3.48. The summed E-state index contributed by atoms with van der Waals surface area (Å²) in [6.07, 6.45) is 0. The van der Waals surface area contributed by atoms with E-state index < -0.39 is 11.2 Å². The maximum absolute atomic E-state index is 13.4. The second-order valence-corrected chi connectivity index (χ2v) is 4.41. The summed E-state index contributed by atoms with van der Waals surface area (Å²) >= 11 is 5.84. The first kappa shape index (κ1) is 10.3. The minimum atomic E-state index is -0.625. The number of rotatable bonds is 0. The van der Waals surface area contributed by atoms with E-state index in [2.05, 4.69) is 0 Å². The van der Waals surface area contributed by atoms with E-state index in [9.17, 15) is 4.39 Å². The van der Waals surface area contributed by atoms with Gasteiger partial charge < -0.3 is 5.11 Å². The Morgan fingerprint density at radius 2 is 1.85 bits per heavy atom. The molecule has 0 aliphatic carbocycles. The average Bonchev–Trinajstić information content (AvgIpc) is 1.95. The van der Waals surface area contributed by atoms with Gasteiger partial charge in [0.15, 0.2) is 11.6 Å². The monoisotopic (exact) mass is 202 g/mol. The quantitative estimate of drug-likeness (QED) is 0.683. The highest BCUT2D eigenvalue weighted by Gasteiger charge is 2.23. The molecule has 0 radical (unpaired) electrons. The number of aromatic hydroxyl groups is 1. The largest absolute Gasteiger partial charge is 0.505 e. The molecule has 0 fully saturated rings. The SMILES string of the molecule is CC(C)(C)c1c(Cl)ccc(O)c1F. The molecule has 0 spiro atoms. The van der Waals surface area contributed by atoms with Gasteiger partial charge in [0.05, 0.1) is 0 Å². The molecule has 1 rings (SSSR count). The number of hydrogen-bond acceptors (Lipinski definition) is 1. The zero-order valence-corrected chi connectivity index (χ0v) is 8.61. The Morgan fingerprint density at radius 1 is 1.31 bits per heavy atom. The molecule has 0 unspecified atom stereocenters. The summed E-state index contributed by atoms with van der Waals surface area (Å²) in [5.74, 6) is -0.977. The van der Waals surface area contributed by atoms with Crippen LogP contribution in [0.1, 0.15) is 26.3 Å². The van der Waals surface area contributed by atoms with Gasteiger partial charge >= 0.3 is 0 Å². The fourth-order valence-corrected chi connectivity index (χ4v) is 1.66. The third kappa shape index (κ3) is 1.94. The van der Waals surface area contributed by atoms with E-state index in [1.54, 1.807) is 0 Å². The van der Waals surface area contributed by atoms with Crippen molar-refractivity contribution in [3.05, 3.63) is 28.5 Å². The van der Waals surface area contributed by atoms with Crippen LogP contribution in [0, 0.1) is 5.82 Å². The Kier molecular flexibility index (Phi) is 2.53. The Bertz CT molecular complexity index is 328. The first-order chi connectivity index (χ1) is 5.84. The second-order valence-electron chi connectivity index (χ2n) is 4.01. The van der Waals surface area contributed by atoms with Crippen LogP contribution in [0.25, 0.3) is 0 Å². The van der Waals surface area contributed by atoms with E-state index in [-0.39, 0.29) is 5.75 Å². The Morgan fingerprint density at radius 3 is 2.23 bits per heavy atom. The number of phenols is 1. The molecule has 1 aromatic carbocycles. The fraction of sp³-hybridized carbons (Fsp3) is 0.400. The fourth-order valence-electron chi connectivity index (χ4n) is 1.23. The Balaban J connectivity index is 3.43. The number of benzene rings is 1. The molecule has 0 heterocycles. The lowest BCUT2D eigenvalue weighted by atomic mass is 9.86. The second kappa shape index (κ2) is 3.18. The molecule has 1 N–H and O–H groups in total. The summed E-state index contributed by atoms with van der Waals surface area (Å²) in [7, 11) is 0. The number of halogens is 2. The number of hydrogen-bond donors (Lipinski definition) is 1. The van der Waals surface area contributed by atoms with Crippen LogP contribution in [-0.2, 0) is 5.41 Å². The molecule has 1 aromatic rings. The molecule has 0 bridgehead atoms. The van der Waals surface area contributed by atoms with Crippen molar-refractivity contribution in [2.24, 2.45) is 0 Å². The molecule has 0 aromatic heterocycles. The average molecular weight is 203 g/mol. The van der Waals surface area contributed by atoms with Gasteiger partial charge in [0.2, 0.25) is 0 Å². The Hall–Kier alpha value is -0.760. The minimum absolute atomic E-state index is 0.350. The maximum Gasteiger partial charge on any atom is 0.170 e. The smallest absolute Gasteiger partial charge is 0.170 e. The van der Waals surface area contributed by atoms with Gasteiger partial charge in [0.25, 0.3) is 0 Å². The normalized spacial score (nSPS) is 11.8. The summed E-state index contributed by atoms with van der Waals surface area (Å²) in [5, 5.41) is 9.50. The zero-order chi connectivity index (χ0) is 10.2. The lowest BCUT2D eigenvalue weighted by Gasteiger charge is -2.21. The van der Waals surface area contributed by atoms with Crippen molar-refractivity contribution in [1.29, 1.82) is 0 Å². The van der Waals surface area contributed by atoms with Crippen molar-refractivity contribution in [3.8, 4) is 5.75 Å². The van der Waals surface area contributed by atoms with E-state index in [0.29, 0.717) is 10.6 Å². The summed E-state index contributed by atoms with van der Waals surface area (Å²) in [5.41, 5.74) is -0.0472. The van der Waals surface area contributed by atoms with Crippen LogP contribution >= 0.6 is 11.6 Å². The van der Waals surface area contributed by atoms with Gasteiger partial charge in [0, 0.05) is 10.6 Å². The molecule has 0 saturated carbocycles. The topological polar surface area (TPSA) is 20.2 Å². The summed E-state index contributed by atoms with van der Waals surface area (Å²) < 4.78 is 13.4. The van der Waals surface area contributed by atoms with Crippen LogP contribution in [0.2, 0.25) is 5.02 Å². The lowest BCUT2D eigenvalue weighted by Crippen LogP contribution is -2.14. The van der Waals surface area contributed by atoms with Crippen molar-refractivity contribution in [2.75, 3.05) is 0 Å². The third-order valence-electron chi connectivity index (χ3n) is 1.82. The highest BCUT2D eigenvalue weighted by atomic mass is 35.5. The minimum Gasteiger partial charge on any atom is -0.505 e. The highest BCUT2D eigenvalue weighted by Crippen LogP contribution is 2.35. The van der Waals surface area contributed by atoms with Crippen molar-refractivity contribution < 1.29 is 9.50 Å². The van der Waals surface area contributed by atoms with E-state index in [1.165, 1.54) is 12.1 Å². The van der Waals surface area contributed by atoms with Crippen LogP contribution in [0.4, 0.5) is 4.39 Å². The van der Waals surface area contributed by atoms with Crippen molar-refractivity contribution in [2.45, 2.75) is 26.2 Å². The van der Waals surface area contributed by atoms with Crippen LogP contribution in [0.5, 0.6) is 5.75 Å². The standard InChI is InChI=1S/C10H12ClFO/c1-10(2,3)8-6(11)4-5-7(13)9(8)12/h4-5,13H,1-3H3. The molecule has 13 heavy (non-hydrogen) atoms. The molecular weight excluding hydrogens is 191 g/mol. The zero-order valence-electron chi connectivity index (χ0n) is 7.86. The summed E-state index contributed by atoms with van der Waals surface area (Å²) in [4.78, 5) is 0. The predicted molar refractivity (Wildman–Crippen MR) is 51.8 cm³/mol. The third-order valence-corrected chi connectivity index (χ3v) is 2.14.